The number of carbonyl (C=O) groups is 2. The molecule has 3 amide bonds. The maximum atomic E-state index is 11.8. The second-order valence-electron chi connectivity index (χ2n) is 5.19. The minimum Gasteiger partial charge on any atom is -0.314 e. The van der Waals surface area contributed by atoms with Gasteiger partial charge in [0.1, 0.15) is 0 Å². The highest BCUT2D eigenvalue weighted by Gasteiger charge is 2.39. The Kier molecular flexibility index (Phi) is 3.82. The molecule has 9 heteroatoms. The van der Waals surface area contributed by atoms with Gasteiger partial charge in [-0.05, 0) is 12.5 Å². The number of rotatable bonds is 5. The van der Waals surface area contributed by atoms with Gasteiger partial charge in [-0.2, -0.15) is 10.2 Å². The van der Waals surface area contributed by atoms with Gasteiger partial charge in [0.25, 0.3) is 5.91 Å². The van der Waals surface area contributed by atoms with Gasteiger partial charge in [0.05, 0.1) is 36.7 Å². The average molecular weight is 307 g/mol. The third-order valence-electron chi connectivity index (χ3n) is 3.54. The maximum absolute atomic E-state index is 11.8. The predicted octanol–water partition coefficient (Wildman–Crippen LogP) is 0.304. The van der Waals surface area contributed by atoms with Crippen LogP contribution in [0.15, 0.2) is 18.5 Å². The Morgan fingerprint density at radius 2 is 2.41 bits per heavy atom. The zero-order valence-electron chi connectivity index (χ0n) is 12.1. The molecule has 1 atom stereocenters. The molecule has 3 heterocycles. The minimum atomic E-state index is -0.422. The van der Waals surface area contributed by atoms with Crippen LogP contribution in [0, 0.1) is 0 Å². The van der Waals surface area contributed by atoms with Crippen LogP contribution >= 0.6 is 0 Å². The lowest BCUT2D eigenvalue weighted by Gasteiger charge is -2.20. The fraction of sp³-hybridized carbons (Fsp3) is 0.462. The summed E-state index contributed by atoms with van der Waals surface area (Å²) in [5.41, 5.74) is 3.43. The summed E-state index contributed by atoms with van der Waals surface area (Å²) >= 11 is 0. The number of nitrogens with one attached hydrogen (secondary N) is 1. The van der Waals surface area contributed by atoms with E-state index in [2.05, 4.69) is 10.6 Å². The van der Waals surface area contributed by atoms with E-state index in [4.69, 9.17) is 4.84 Å². The van der Waals surface area contributed by atoms with Gasteiger partial charge in [-0.3, -0.25) is 14.8 Å². The Morgan fingerprint density at radius 3 is 3.14 bits per heavy atom. The third-order valence-corrected chi connectivity index (χ3v) is 3.54. The van der Waals surface area contributed by atoms with Crippen LogP contribution in [-0.2, 0) is 4.84 Å². The van der Waals surface area contributed by atoms with E-state index in [9.17, 15) is 14.8 Å². The Labute approximate surface area is 126 Å². The molecule has 1 unspecified atom stereocenters. The Hall–Kier alpha value is -2.39. The van der Waals surface area contributed by atoms with Crippen LogP contribution in [0.25, 0.3) is 5.70 Å². The number of carbonyl (C=O) groups excluding carboxylic acids is 2. The summed E-state index contributed by atoms with van der Waals surface area (Å²) in [6.45, 7) is 3.17. The number of hydroxylamine groups is 3. The van der Waals surface area contributed by atoms with Crippen molar-refractivity contribution in [2.45, 2.75) is 19.4 Å². The molecule has 2 aliphatic rings. The highest BCUT2D eigenvalue weighted by Crippen LogP contribution is 2.24. The molecule has 118 valence electrons. The quantitative estimate of drug-likeness (QED) is 0.463. The van der Waals surface area contributed by atoms with E-state index in [0.29, 0.717) is 30.3 Å². The van der Waals surface area contributed by atoms with E-state index < -0.39 is 6.03 Å². The number of nitrogens with zero attached hydrogens (tertiary/aromatic N) is 4. The first-order valence-corrected chi connectivity index (χ1v) is 7.05. The first-order valence-electron chi connectivity index (χ1n) is 7.05. The molecule has 2 aliphatic heterocycles. The van der Waals surface area contributed by atoms with Gasteiger partial charge >= 0.3 is 6.03 Å². The lowest BCUT2D eigenvalue weighted by Crippen LogP contribution is -2.31. The second kappa shape index (κ2) is 5.78. The molecule has 3 rings (SSSR count). The largest absolute Gasteiger partial charge is 0.344 e. The molecule has 2 N–H and O–H groups in total. The Morgan fingerprint density at radius 1 is 1.59 bits per heavy atom. The zero-order valence-corrected chi connectivity index (χ0v) is 12.1. The van der Waals surface area contributed by atoms with Crippen molar-refractivity contribution in [2.75, 3.05) is 19.7 Å². The van der Waals surface area contributed by atoms with E-state index in [1.807, 2.05) is 6.92 Å². The molecule has 9 nitrogen and oxygen atoms in total. The monoisotopic (exact) mass is 307 g/mol. The van der Waals surface area contributed by atoms with Crippen LogP contribution in [0.4, 0.5) is 4.79 Å². The standard InChI is InChI=1S/C13H17N5O4/c1-2-3-22-15-12(19)9-5-14-17(6-9)10-4-11-8-16(7-10)13(20)18(11)21/h4-6,11,21H,2-3,7-8H2,1H3,(H,15,19). The first kappa shape index (κ1) is 14.5. The van der Waals surface area contributed by atoms with Crippen LogP contribution in [-0.4, -0.2) is 62.6 Å². The minimum absolute atomic E-state index is 0.335. The number of fused-ring (bicyclic) bond motifs is 2. The summed E-state index contributed by atoms with van der Waals surface area (Å²) in [5, 5.41) is 14.5. The van der Waals surface area contributed by atoms with Crippen molar-refractivity contribution < 1.29 is 19.6 Å². The van der Waals surface area contributed by atoms with Gasteiger partial charge < -0.3 is 4.90 Å². The van der Waals surface area contributed by atoms with Crippen molar-refractivity contribution in [2.24, 2.45) is 0 Å². The smallest absolute Gasteiger partial charge is 0.314 e. The van der Waals surface area contributed by atoms with Crippen molar-refractivity contribution in [1.82, 2.24) is 25.2 Å². The molecule has 1 aromatic rings. The number of hydrogen-bond acceptors (Lipinski definition) is 5. The molecule has 2 bridgehead atoms. The summed E-state index contributed by atoms with van der Waals surface area (Å²) in [4.78, 5) is 30.0. The molecular formula is C13H17N5O4. The van der Waals surface area contributed by atoms with E-state index >= 15 is 0 Å². The van der Waals surface area contributed by atoms with Crippen molar-refractivity contribution >= 4 is 17.6 Å². The number of urea groups is 1. The first-order chi connectivity index (χ1) is 10.6. The average Bonchev–Trinajstić information content (AvgIpc) is 3.09. The van der Waals surface area contributed by atoms with Gasteiger partial charge in [-0.15, -0.1) is 0 Å². The molecule has 0 spiro atoms. The summed E-state index contributed by atoms with van der Waals surface area (Å²) in [6, 6.07) is -0.806. The highest BCUT2D eigenvalue weighted by atomic mass is 16.6. The third kappa shape index (κ3) is 2.55. The lowest BCUT2D eigenvalue weighted by atomic mass is 10.2. The van der Waals surface area contributed by atoms with Gasteiger partial charge in [-0.25, -0.2) is 15.0 Å². The molecule has 0 aromatic carbocycles. The van der Waals surface area contributed by atoms with Crippen LogP contribution in [0.2, 0.25) is 0 Å². The molecule has 0 aliphatic carbocycles. The Balaban J connectivity index is 1.71. The second-order valence-corrected chi connectivity index (χ2v) is 5.19. The van der Waals surface area contributed by atoms with E-state index in [-0.39, 0.29) is 11.9 Å². The molecule has 1 aromatic heterocycles. The summed E-state index contributed by atoms with van der Waals surface area (Å²) in [5.74, 6) is -0.376. The van der Waals surface area contributed by atoms with Crippen LogP contribution in [0.1, 0.15) is 23.7 Å². The summed E-state index contributed by atoms with van der Waals surface area (Å²) in [6.07, 6.45) is 5.56. The van der Waals surface area contributed by atoms with Crippen LogP contribution in [0.5, 0.6) is 0 Å². The maximum Gasteiger partial charge on any atom is 0.344 e. The van der Waals surface area contributed by atoms with Crippen molar-refractivity contribution in [1.29, 1.82) is 0 Å². The zero-order chi connectivity index (χ0) is 15.7. The van der Waals surface area contributed by atoms with Crippen molar-refractivity contribution in [3.05, 3.63) is 24.0 Å². The normalized spacial score (nSPS) is 20.4. The van der Waals surface area contributed by atoms with Gasteiger partial charge in [0.2, 0.25) is 0 Å². The predicted molar refractivity (Wildman–Crippen MR) is 74.6 cm³/mol. The van der Waals surface area contributed by atoms with Crippen molar-refractivity contribution in [3.63, 3.8) is 0 Å². The molecule has 0 saturated carbocycles. The van der Waals surface area contributed by atoms with Crippen LogP contribution < -0.4 is 5.48 Å². The summed E-state index contributed by atoms with van der Waals surface area (Å²) in [7, 11) is 0. The molecule has 1 fully saturated rings. The van der Waals surface area contributed by atoms with E-state index in [0.717, 1.165) is 12.1 Å². The molecule has 0 radical (unpaired) electrons. The van der Waals surface area contributed by atoms with Crippen molar-refractivity contribution in [3.8, 4) is 0 Å². The molecular weight excluding hydrogens is 290 g/mol. The Bertz CT molecular complexity index is 626. The van der Waals surface area contributed by atoms with Gasteiger partial charge in [-0.1, -0.05) is 6.92 Å². The molecule has 22 heavy (non-hydrogen) atoms. The number of aromatic nitrogens is 2. The lowest BCUT2D eigenvalue weighted by molar-refractivity contribution is -0.0450. The van der Waals surface area contributed by atoms with E-state index in [1.165, 1.54) is 15.8 Å². The molecule has 1 saturated heterocycles. The highest BCUT2D eigenvalue weighted by molar-refractivity contribution is 5.93. The van der Waals surface area contributed by atoms with Gasteiger partial charge in [0.15, 0.2) is 0 Å². The van der Waals surface area contributed by atoms with E-state index in [1.54, 1.807) is 12.3 Å². The number of hydrogen-bond donors (Lipinski definition) is 2. The number of amides is 3. The van der Waals surface area contributed by atoms with Crippen LogP contribution in [0.3, 0.4) is 0 Å². The SMILES string of the molecule is CCCONC(=O)c1cnn(C2=CC3CN(C2)C(=O)N3O)c1. The fourth-order valence-corrected chi connectivity index (χ4v) is 2.42. The van der Waals surface area contributed by atoms with Gasteiger partial charge in [0, 0.05) is 12.7 Å². The fourth-order valence-electron chi connectivity index (χ4n) is 2.42. The summed E-state index contributed by atoms with van der Waals surface area (Å²) < 4.78 is 1.53. The topological polar surface area (TPSA) is 99.9 Å².